The molecule has 8 heteroatoms. The highest BCUT2D eigenvalue weighted by Crippen LogP contribution is 2.40. The van der Waals surface area contributed by atoms with Gasteiger partial charge in [-0.1, -0.05) is 0 Å². The topological polar surface area (TPSA) is 72.1 Å². The number of aryl methyl sites for hydroxylation is 4. The molecule has 1 saturated heterocycles. The van der Waals surface area contributed by atoms with Crippen molar-refractivity contribution in [2.24, 2.45) is 7.05 Å². The molecule has 0 bridgehead atoms. The van der Waals surface area contributed by atoms with Gasteiger partial charge in [-0.3, -0.25) is 19.1 Å². The SMILES string of the molecule is CCn1nc(C)c(CN2CCN(C(=O)c3cc(C4CC4)nc4c3c(C)nn4C)CC2)c1C. The Hall–Kier alpha value is -2.74. The third kappa shape index (κ3) is 3.60. The highest BCUT2D eigenvalue weighted by molar-refractivity contribution is 6.06. The van der Waals surface area contributed by atoms with Crippen LogP contribution in [0.5, 0.6) is 0 Å². The summed E-state index contributed by atoms with van der Waals surface area (Å²) >= 11 is 0. The minimum atomic E-state index is 0.112. The zero-order chi connectivity index (χ0) is 22.6. The molecule has 5 rings (SSSR count). The van der Waals surface area contributed by atoms with E-state index in [9.17, 15) is 4.79 Å². The number of aromatic nitrogens is 5. The minimum Gasteiger partial charge on any atom is -0.336 e. The second-order valence-corrected chi connectivity index (χ2v) is 9.31. The third-order valence-corrected chi connectivity index (χ3v) is 7.09. The summed E-state index contributed by atoms with van der Waals surface area (Å²) in [5, 5.41) is 10.1. The van der Waals surface area contributed by atoms with Crippen molar-refractivity contribution >= 4 is 16.9 Å². The Labute approximate surface area is 189 Å². The van der Waals surface area contributed by atoms with Crippen molar-refractivity contribution in [1.82, 2.24) is 34.3 Å². The van der Waals surface area contributed by atoms with Crippen LogP contribution in [-0.4, -0.2) is 66.4 Å². The highest BCUT2D eigenvalue weighted by Gasteiger charge is 2.31. The monoisotopic (exact) mass is 435 g/mol. The van der Waals surface area contributed by atoms with Gasteiger partial charge in [-0.2, -0.15) is 10.2 Å². The zero-order valence-corrected chi connectivity index (χ0v) is 19.9. The van der Waals surface area contributed by atoms with Crippen molar-refractivity contribution in [2.75, 3.05) is 26.2 Å². The molecule has 0 radical (unpaired) electrons. The molecule has 4 heterocycles. The molecule has 0 N–H and O–H groups in total. The molecule has 8 nitrogen and oxygen atoms in total. The molecular formula is C24H33N7O. The van der Waals surface area contributed by atoms with Crippen LogP contribution in [0.1, 0.15) is 64.4 Å². The molecule has 3 aromatic rings. The Balaban J connectivity index is 1.34. The van der Waals surface area contributed by atoms with Crippen molar-refractivity contribution in [3.8, 4) is 0 Å². The number of pyridine rings is 1. The molecule has 1 aliphatic heterocycles. The second-order valence-electron chi connectivity index (χ2n) is 9.31. The smallest absolute Gasteiger partial charge is 0.254 e. The molecule has 2 aliphatic rings. The lowest BCUT2D eigenvalue weighted by Gasteiger charge is -2.35. The Morgan fingerprint density at radius 1 is 1.06 bits per heavy atom. The number of fused-ring (bicyclic) bond motifs is 1. The lowest BCUT2D eigenvalue weighted by molar-refractivity contribution is 0.0629. The Bertz CT molecular complexity index is 1180. The van der Waals surface area contributed by atoms with Gasteiger partial charge in [-0.05, 0) is 46.6 Å². The fraction of sp³-hybridized carbons (Fsp3) is 0.583. The molecule has 32 heavy (non-hydrogen) atoms. The Morgan fingerprint density at radius 3 is 2.41 bits per heavy atom. The molecule has 1 aliphatic carbocycles. The summed E-state index contributed by atoms with van der Waals surface area (Å²) in [5.74, 6) is 0.606. The fourth-order valence-corrected chi connectivity index (χ4v) is 4.99. The Morgan fingerprint density at radius 2 is 1.78 bits per heavy atom. The van der Waals surface area contributed by atoms with Crippen molar-refractivity contribution in [2.45, 2.75) is 59.5 Å². The standard InChI is InChI=1S/C24H33N7O/c1-6-31-17(4)20(15(2)27-31)14-29-9-11-30(12-10-29)24(32)19-13-21(18-7-8-18)25-23-22(19)16(3)26-28(23)5/h13,18H,6-12,14H2,1-5H3. The number of hydrogen-bond acceptors (Lipinski definition) is 5. The van der Waals surface area contributed by atoms with Gasteiger partial charge in [-0.15, -0.1) is 0 Å². The minimum absolute atomic E-state index is 0.112. The number of carbonyl (C=O) groups is 1. The number of nitrogens with zero attached hydrogens (tertiary/aromatic N) is 7. The predicted octanol–water partition coefficient (Wildman–Crippen LogP) is 2.95. The maximum atomic E-state index is 13.6. The maximum Gasteiger partial charge on any atom is 0.254 e. The summed E-state index contributed by atoms with van der Waals surface area (Å²) in [6.45, 7) is 13.4. The van der Waals surface area contributed by atoms with E-state index in [1.807, 2.05) is 29.6 Å². The molecular weight excluding hydrogens is 402 g/mol. The first-order chi connectivity index (χ1) is 15.4. The number of piperazine rings is 1. The molecule has 0 atom stereocenters. The lowest BCUT2D eigenvalue weighted by atomic mass is 10.1. The summed E-state index contributed by atoms with van der Waals surface area (Å²) in [5.41, 5.74) is 7.20. The van der Waals surface area contributed by atoms with Gasteiger partial charge < -0.3 is 4.90 Å². The summed E-state index contributed by atoms with van der Waals surface area (Å²) in [6, 6.07) is 2.04. The average Bonchev–Trinajstić information content (AvgIpc) is 3.56. The van der Waals surface area contributed by atoms with E-state index >= 15 is 0 Å². The van der Waals surface area contributed by atoms with E-state index in [-0.39, 0.29) is 5.91 Å². The van der Waals surface area contributed by atoms with Crippen LogP contribution in [0.15, 0.2) is 6.07 Å². The van der Waals surface area contributed by atoms with Crippen molar-refractivity contribution in [3.63, 3.8) is 0 Å². The van der Waals surface area contributed by atoms with Gasteiger partial charge in [0.15, 0.2) is 5.65 Å². The van der Waals surface area contributed by atoms with Crippen molar-refractivity contribution in [3.05, 3.63) is 40.0 Å². The molecule has 1 saturated carbocycles. The van der Waals surface area contributed by atoms with Crippen molar-refractivity contribution in [1.29, 1.82) is 0 Å². The van der Waals surface area contributed by atoms with E-state index < -0.39 is 0 Å². The van der Waals surface area contributed by atoms with Crippen LogP contribution in [-0.2, 0) is 20.1 Å². The first kappa shape index (κ1) is 21.1. The van der Waals surface area contributed by atoms with Crippen LogP contribution in [0.3, 0.4) is 0 Å². The Kier molecular flexibility index (Phi) is 5.28. The molecule has 3 aromatic heterocycles. The molecule has 1 amide bonds. The van der Waals surface area contributed by atoms with E-state index in [0.717, 1.165) is 85.8 Å². The van der Waals surface area contributed by atoms with E-state index in [1.54, 1.807) is 0 Å². The van der Waals surface area contributed by atoms with Crippen LogP contribution in [0.2, 0.25) is 0 Å². The van der Waals surface area contributed by atoms with Crippen LogP contribution in [0.4, 0.5) is 0 Å². The van der Waals surface area contributed by atoms with E-state index in [4.69, 9.17) is 4.98 Å². The molecule has 0 unspecified atom stereocenters. The van der Waals surface area contributed by atoms with Crippen LogP contribution >= 0.6 is 0 Å². The average molecular weight is 436 g/mol. The quantitative estimate of drug-likeness (QED) is 0.616. The normalized spacial score (nSPS) is 17.5. The maximum absolute atomic E-state index is 13.6. The van der Waals surface area contributed by atoms with Crippen LogP contribution < -0.4 is 0 Å². The van der Waals surface area contributed by atoms with Gasteiger partial charge >= 0.3 is 0 Å². The zero-order valence-electron chi connectivity index (χ0n) is 19.9. The van der Waals surface area contributed by atoms with Gasteiger partial charge in [0.2, 0.25) is 0 Å². The number of carbonyl (C=O) groups excluding carboxylic acids is 1. The number of rotatable bonds is 5. The lowest BCUT2D eigenvalue weighted by Crippen LogP contribution is -2.48. The number of hydrogen-bond donors (Lipinski definition) is 0. The summed E-state index contributed by atoms with van der Waals surface area (Å²) in [6.07, 6.45) is 2.32. The highest BCUT2D eigenvalue weighted by atomic mass is 16.2. The first-order valence-corrected chi connectivity index (χ1v) is 11.8. The van der Waals surface area contributed by atoms with Crippen LogP contribution in [0, 0.1) is 20.8 Å². The van der Waals surface area contributed by atoms with Crippen LogP contribution in [0.25, 0.3) is 11.0 Å². The van der Waals surface area contributed by atoms with E-state index in [0.29, 0.717) is 5.92 Å². The summed E-state index contributed by atoms with van der Waals surface area (Å²) in [7, 11) is 1.91. The van der Waals surface area contributed by atoms with Crippen molar-refractivity contribution < 1.29 is 4.79 Å². The van der Waals surface area contributed by atoms with Gasteiger partial charge in [0.05, 0.1) is 22.3 Å². The molecule has 0 aromatic carbocycles. The fourth-order valence-electron chi connectivity index (χ4n) is 4.99. The summed E-state index contributed by atoms with van der Waals surface area (Å²) < 4.78 is 3.89. The van der Waals surface area contributed by atoms with E-state index in [2.05, 4.69) is 40.6 Å². The third-order valence-electron chi connectivity index (χ3n) is 7.09. The van der Waals surface area contributed by atoms with Gasteiger partial charge in [0.25, 0.3) is 5.91 Å². The summed E-state index contributed by atoms with van der Waals surface area (Å²) in [4.78, 5) is 22.9. The van der Waals surface area contributed by atoms with E-state index in [1.165, 1.54) is 11.3 Å². The second kappa shape index (κ2) is 7.99. The van der Waals surface area contributed by atoms with Gasteiger partial charge in [0, 0.05) is 69.2 Å². The first-order valence-electron chi connectivity index (χ1n) is 11.8. The van der Waals surface area contributed by atoms with Gasteiger partial charge in [0.1, 0.15) is 0 Å². The molecule has 170 valence electrons. The largest absolute Gasteiger partial charge is 0.336 e. The predicted molar refractivity (Wildman–Crippen MR) is 124 cm³/mol. The number of amides is 1. The molecule has 0 spiro atoms. The van der Waals surface area contributed by atoms with Gasteiger partial charge in [-0.25, -0.2) is 4.98 Å². The molecule has 2 fully saturated rings.